The molecule has 1 saturated heterocycles. The predicted molar refractivity (Wildman–Crippen MR) is 97.5 cm³/mol. The van der Waals surface area contributed by atoms with Crippen LogP contribution in [0.2, 0.25) is 5.02 Å². The van der Waals surface area contributed by atoms with Gasteiger partial charge >= 0.3 is 6.03 Å². The van der Waals surface area contributed by atoms with Crippen LogP contribution in [0, 0.1) is 5.92 Å². The van der Waals surface area contributed by atoms with Gasteiger partial charge in [0.15, 0.2) is 0 Å². The third-order valence-corrected chi connectivity index (χ3v) is 4.20. The number of hydrogen-bond acceptors (Lipinski definition) is 4. The van der Waals surface area contributed by atoms with Crippen molar-refractivity contribution in [1.82, 2.24) is 5.32 Å². The number of imide groups is 1. The molecule has 1 heterocycles. The Bertz CT molecular complexity index is 854. The zero-order valence-corrected chi connectivity index (χ0v) is 14.6. The fourth-order valence-corrected chi connectivity index (χ4v) is 2.74. The van der Waals surface area contributed by atoms with E-state index in [4.69, 9.17) is 16.3 Å². The molecule has 3 rings (SSSR count). The average molecular weight is 374 g/mol. The van der Waals surface area contributed by atoms with Gasteiger partial charge in [-0.2, -0.15) is 0 Å². The van der Waals surface area contributed by atoms with Gasteiger partial charge < -0.3 is 15.4 Å². The van der Waals surface area contributed by atoms with Crippen LogP contribution in [0.1, 0.15) is 0 Å². The number of nitrogens with one attached hydrogen (secondary N) is 2. The van der Waals surface area contributed by atoms with Gasteiger partial charge in [-0.3, -0.25) is 9.59 Å². The van der Waals surface area contributed by atoms with E-state index in [1.807, 2.05) is 0 Å². The Kier molecular flexibility index (Phi) is 5.09. The lowest BCUT2D eigenvalue weighted by molar-refractivity contribution is -0.130. The van der Waals surface area contributed by atoms with Crippen LogP contribution in [0.5, 0.6) is 5.75 Å². The number of anilines is 2. The highest BCUT2D eigenvalue weighted by atomic mass is 35.5. The molecule has 2 aromatic rings. The van der Waals surface area contributed by atoms with Gasteiger partial charge in [-0.1, -0.05) is 23.7 Å². The lowest BCUT2D eigenvalue weighted by Gasteiger charge is -2.30. The van der Waals surface area contributed by atoms with E-state index >= 15 is 0 Å². The van der Waals surface area contributed by atoms with Crippen molar-refractivity contribution in [1.29, 1.82) is 0 Å². The van der Waals surface area contributed by atoms with E-state index in [1.165, 1.54) is 7.11 Å². The van der Waals surface area contributed by atoms with Crippen LogP contribution in [0.25, 0.3) is 0 Å². The monoisotopic (exact) mass is 373 g/mol. The predicted octanol–water partition coefficient (Wildman–Crippen LogP) is 2.66. The van der Waals surface area contributed by atoms with Gasteiger partial charge in [0.2, 0.25) is 11.8 Å². The second-order valence-electron chi connectivity index (χ2n) is 5.58. The molecule has 4 amide bonds. The highest BCUT2D eigenvalue weighted by Gasteiger charge is 2.39. The minimum absolute atomic E-state index is 0.0806. The Hall–Kier alpha value is -3.06. The highest BCUT2D eigenvalue weighted by Crippen LogP contribution is 2.26. The molecule has 0 radical (unpaired) electrons. The average Bonchev–Trinajstić information content (AvgIpc) is 2.63. The maximum atomic E-state index is 12.7. The van der Waals surface area contributed by atoms with Crippen LogP contribution in [0.15, 0.2) is 48.5 Å². The van der Waals surface area contributed by atoms with Gasteiger partial charge in [-0.05, 0) is 36.4 Å². The van der Waals surface area contributed by atoms with Crippen molar-refractivity contribution >= 4 is 40.8 Å². The molecule has 0 saturated carbocycles. The smallest absolute Gasteiger partial charge is 0.328 e. The molecular weight excluding hydrogens is 358 g/mol. The van der Waals surface area contributed by atoms with Gasteiger partial charge in [0.1, 0.15) is 11.7 Å². The topological polar surface area (TPSA) is 87.7 Å². The first-order valence-electron chi connectivity index (χ1n) is 7.82. The van der Waals surface area contributed by atoms with Crippen LogP contribution in [-0.2, 0) is 9.59 Å². The Labute approximate surface area is 154 Å². The molecule has 26 heavy (non-hydrogen) atoms. The van der Waals surface area contributed by atoms with Crippen molar-refractivity contribution < 1.29 is 19.1 Å². The molecule has 0 aliphatic carbocycles. The summed E-state index contributed by atoms with van der Waals surface area (Å²) in [5.41, 5.74) is 0.787. The summed E-state index contributed by atoms with van der Waals surface area (Å²) in [5.74, 6) is -1.72. The largest absolute Gasteiger partial charge is 0.495 e. The number of nitrogens with zero attached hydrogens (tertiary/aromatic N) is 1. The van der Waals surface area contributed by atoms with Crippen molar-refractivity contribution in [3.05, 3.63) is 53.6 Å². The number of ether oxygens (including phenoxy) is 1. The van der Waals surface area contributed by atoms with Crippen LogP contribution >= 0.6 is 11.6 Å². The number of carbonyl (C=O) groups excluding carboxylic acids is 3. The first kappa shape index (κ1) is 17.8. The quantitative estimate of drug-likeness (QED) is 0.806. The lowest BCUT2D eigenvalue weighted by atomic mass is 10.0. The maximum Gasteiger partial charge on any atom is 0.328 e. The Morgan fingerprint density at radius 1 is 1.19 bits per heavy atom. The van der Waals surface area contributed by atoms with E-state index in [2.05, 4.69) is 10.6 Å². The van der Waals surface area contributed by atoms with Gasteiger partial charge in [0.05, 0.1) is 18.5 Å². The summed E-state index contributed by atoms with van der Waals surface area (Å²) in [5, 5.41) is 5.71. The van der Waals surface area contributed by atoms with E-state index in [0.717, 1.165) is 4.90 Å². The molecule has 1 unspecified atom stereocenters. The van der Waals surface area contributed by atoms with Gasteiger partial charge in [0, 0.05) is 11.6 Å². The van der Waals surface area contributed by atoms with Crippen molar-refractivity contribution in [3.63, 3.8) is 0 Å². The standard InChI is InChI=1S/C18H16ClN3O4/c1-26-15-5-3-2-4-14(15)21-16(23)13-10-20-18(25)22(17(13)24)12-8-6-11(19)7-9-12/h2-9,13H,10H2,1H3,(H,20,25)(H,21,23). The first-order chi connectivity index (χ1) is 12.5. The summed E-state index contributed by atoms with van der Waals surface area (Å²) in [6.07, 6.45) is 0. The van der Waals surface area contributed by atoms with E-state index < -0.39 is 23.8 Å². The summed E-state index contributed by atoms with van der Waals surface area (Å²) in [4.78, 5) is 38.4. The molecule has 1 fully saturated rings. The molecule has 1 atom stereocenters. The van der Waals surface area contributed by atoms with Crippen molar-refractivity contribution in [2.75, 3.05) is 23.9 Å². The van der Waals surface area contributed by atoms with Gasteiger partial charge in [0.25, 0.3) is 0 Å². The van der Waals surface area contributed by atoms with E-state index in [1.54, 1.807) is 48.5 Å². The first-order valence-corrected chi connectivity index (χ1v) is 8.20. The third-order valence-electron chi connectivity index (χ3n) is 3.95. The van der Waals surface area contributed by atoms with Crippen LogP contribution in [0.3, 0.4) is 0 Å². The number of methoxy groups -OCH3 is 1. The molecule has 8 heteroatoms. The van der Waals surface area contributed by atoms with E-state index in [0.29, 0.717) is 22.1 Å². The maximum absolute atomic E-state index is 12.7. The molecule has 2 N–H and O–H groups in total. The van der Waals surface area contributed by atoms with Gasteiger partial charge in [-0.25, -0.2) is 9.69 Å². The second-order valence-corrected chi connectivity index (χ2v) is 6.01. The number of halogens is 1. The molecule has 2 aromatic carbocycles. The Balaban J connectivity index is 1.81. The molecule has 0 bridgehead atoms. The number of amides is 4. The zero-order chi connectivity index (χ0) is 18.7. The number of carbonyl (C=O) groups is 3. The number of rotatable bonds is 4. The fourth-order valence-electron chi connectivity index (χ4n) is 2.62. The molecule has 7 nitrogen and oxygen atoms in total. The molecule has 1 aliphatic heterocycles. The summed E-state index contributed by atoms with van der Waals surface area (Å²) in [7, 11) is 1.49. The lowest BCUT2D eigenvalue weighted by Crippen LogP contribution is -2.58. The summed E-state index contributed by atoms with van der Waals surface area (Å²) in [6, 6.07) is 12.5. The normalized spacial score (nSPS) is 16.8. The molecule has 134 valence electrons. The van der Waals surface area contributed by atoms with Crippen molar-refractivity contribution in [2.24, 2.45) is 5.92 Å². The molecule has 0 spiro atoms. The number of hydrogen-bond donors (Lipinski definition) is 2. The van der Waals surface area contributed by atoms with Crippen LogP contribution < -0.4 is 20.3 Å². The zero-order valence-electron chi connectivity index (χ0n) is 13.9. The molecule has 1 aliphatic rings. The second kappa shape index (κ2) is 7.45. The number of urea groups is 1. The van der Waals surface area contributed by atoms with Crippen molar-refractivity contribution in [3.8, 4) is 5.75 Å². The minimum Gasteiger partial charge on any atom is -0.495 e. The SMILES string of the molecule is COc1ccccc1NC(=O)C1CNC(=O)N(c2ccc(Cl)cc2)C1=O. The molecule has 0 aromatic heterocycles. The third kappa shape index (κ3) is 3.48. The van der Waals surface area contributed by atoms with Gasteiger partial charge in [-0.15, -0.1) is 0 Å². The van der Waals surface area contributed by atoms with Crippen molar-refractivity contribution in [2.45, 2.75) is 0 Å². The fraction of sp³-hybridized carbons (Fsp3) is 0.167. The van der Waals surface area contributed by atoms with E-state index in [-0.39, 0.29) is 6.54 Å². The molecular formula is C18H16ClN3O4. The Morgan fingerprint density at radius 3 is 2.58 bits per heavy atom. The number of benzene rings is 2. The summed E-state index contributed by atoms with van der Waals surface area (Å²) < 4.78 is 5.19. The summed E-state index contributed by atoms with van der Waals surface area (Å²) in [6.45, 7) is -0.0806. The highest BCUT2D eigenvalue weighted by molar-refractivity contribution is 6.30. The van der Waals surface area contributed by atoms with Crippen LogP contribution in [-0.4, -0.2) is 31.5 Å². The minimum atomic E-state index is -1.06. The number of para-hydroxylation sites is 2. The summed E-state index contributed by atoms with van der Waals surface area (Å²) >= 11 is 5.84. The Morgan fingerprint density at radius 2 is 1.88 bits per heavy atom. The van der Waals surface area contributed by atoms with Crippen LogP contribution in [0.4, 0.5) is 16.2 Å². The van der Waals surface area contributed by atoms with E-state index in [9.17, 15) is 14.4 Å².